The Hall–Kier alpha value is -1.38. The van der Waals surface area contributed by atoms with Crippen LogP contribution in [0.25, 0.3) is 10.8 Å². The van der Waals surface area contributed by atoms with Crippen molar-refractivity contribution in [1.29, 1.82) is 0 Å². The van der Waals surface area contributed by atoms with Crippen molar-refractivity contribution >= 4 is 10.8 Å². The lowest BCUT2D eigenvalue weighted by Crippen LogP contribution is -2.23. The zero-order chi connectivity index (χ0) is 13.8. The van der Waals surface area contributed by atoms with Gasteiger partial charge in [-0.15, -0.1) is 0 Å². The zero-order valence-electron chi connectivity index (χ0n) is 12.0. The third-order valence-electron chi connectivity index (χ3n) is 3.68. The number of rotatable bonds is 5. The summed E-state index contributed by atoms with van der Waals surface area (Å²) in [7, 11) is 0. The first kappa shape index (κ1) is 14.0. The second kappa shape index (κ2) is 6.18. The van der Waals surface area contributed by atoms with Gasteiger partial charge in [-0.1, -0.05) is 50.2 Å². The molecule has 2 heteroatoms. The number of benzene rings is 2. The maximum Gasteiger partial charge on any atom is 0.0663 e. The van der Waals surface area contributed by atoms with E-state index in [0.29, 0.717) is 12.5 Å². The van der Waals surface area contributed by atoms with E-state index in [0.717, 1.165) is 5.56 Å². The monoisotopic (exact) mass is 257 g/mol. The van der Waals surface area contributed by atoms with Crippen molar-refractivity contribution < 1.29 is 4.74 Å². The van der Waals surface area contributed by atoms with Crippen LogP contribution in [0, 0.1) is 5.92 Å². The molecule has 0 saturated heterocycles. The molecule has 0 aliphatic rings. The van der Waals surface area contributed by atoms with E-state index in [1.54, 1.807) is 0 Å². The van der Waals surface area contributed by atoms with Gasteiger partial charge in [0.1, 0.15) is 0 Å². The summed E-state index contributed by atoms with van der Waals surface area (Å²) in [6, 6.07) is 14.6. The molecule has 102 valence electrons. The predicted molar refractivity (Wildman–Crippen MR) is 81.1 cm³/mol. The highest BCUT2D eigenvalue weighted by molar-refractivity contribution is 5.83. The second-order valence-electron chi connectivity index (χ2n) is 5.50. The number of ether oxygens (including phenoxy) is 1. The van der Waals surface area contributed by atoms with Gasteiger partial charge in [0.25, 0.3) is 0 Å². The lowest BCUT2D eigenvalue weighted by Gasteiger charge is -2.20. The Bertz CT molecular complexity index is 536. The van der Waals surface area contributed by atoms with Crippen LogP contribution in [0.3, 0.4) is 0 Å². The highest BCUT2D eigenvalue weighted by Gasteiger charge is 2.11. The van der Waals surface area contributed by atoms with Crippen LogP contribution < -0.4 is 5.73 Å². The van der Waals surface area contributed by atoms with Gasteiger partial charge < -0.3 is 10.5 Å². The molecule has 2 aromatic carbocycles. The lowest BCUT2D eigenvalue weighted by atomic mass is 10.0. The number of fused-ring (bicyclic) bond motifs is 1. The standard InChI is InChI=1S/C17H23NO/c1-12(2)13(3)19-11-17(18)16-9-8-14-6-4-5-7-15(14)10-16/h4-10,12-13,17H,11,18H2,1-3H3. The zero-order valence-corrected chi connectivity index (χ0v) is 12.0. The first-order chi connectivity index (χ1) is 9.08. The summed E-state index contributed by atoms with van der Waals surface area (Å²) >= 11 is 0. The Morgan fingerprint density at radius 2 is 1.68 bits per heavy atom. The minimum Gasteiger partial charge on any atom is -0.376 e. The molecular formula is C17H23NO. The van der Waals surface area contributed by atoms with Crippen LogP contribution in [0.4, 0.5) is 0 Å². The van der Waals surface area contributed by atoms with Crippen molar-refractivity contribution in [2.45, 2.75) is 32.9 Å². The van der Waals surface area contributed by atoms with Gasteiger partial charge in [0.05, 0.1) is 18.8 Å². The molecule has 0 heterocycles. The largest absolute Gasteiger partial charge is 0.376 e. The molecule has 2 rings (SSSR count). The Labute approximate surface area is 115 Å². The molecule has 2 N–H and O–H groups in total. The summed E-state index contributed by atoms with van der Waals surface area (Å²) in [5.41, 5.74) is 7.34. The third kappa shape index (κ3) is 3.55. The molecule has 0 spiro atoms. The average molecular weight is 257 g/mol. The van der Waals surface area contributed by atoms with Gasteiger partial charge in [0.2, 0.25) is 0 Å². The van der Waals surface area contributed by atoms with E-state index in [-0.39, 0.29) is 12.1 Å². The SMILES string of the molecule is CC(C)C(C)OCC(N)c1ccc2ccccc2c1. The van der Waals surface area contributed by atoms with Gasteiger partial charge in [-0.3, -0.25) is 0 Å². The van der Waals surface area contributed by atoms with Gasteiger partial charge in [0.15, 0.2) is 0 Å². The molecule has 0 saturated carbocycles. The van der Waals surface area contributed by atoms with Crippen LogP contribution >= 0.6 is 0 Å². The van der Waals surface area contributed by atoms with E-state index in [9.17, 15) is 0 Å². The molecule has 0 bridgehead atoms. The van der Waals surface area contributed by atoms with Gasteiger partial charge in [-0.2, -0.15) is 0 Å². The number of nitrogens with two attached hydrogens (primary N) is 1. The minimum absolute atomic E-state index is 0.0641. The van der Waals surface area contributed by atoms with E-state index in [4.69, 9.17) is 10.5 Å². The normalized spacial score (nSPS) is 14.8. The van der Waals surface area contributed by atoms with Crippen LogP contribution in [0.5, 0.6) is 0 Å². The fourth-order valence-electron chi connectivity index (χ4n) is 1.98. The summed E-state index contributed by atoms with van der Waals surface area (Å²) in [6.45, 7) is 6.98. The van der Waals surface area contributed by atoms with Crippen molar-refractivity contribution in [2.75, 3.05) is 6.61 Å². The maximum atomic E-state index is 6.21. The Balaban J connectivity index is 2.06. The van der Waals surface area contributed by atoms with Crippen LogP contribution in [-0.4, -0.2) is 12.7 Å². The maximum absolute atomic E-state index is 6.21. The third-order valence-corrected chi connectivity index (χ3v) is 3.68. The van der Waals surface area contributed by atoms with Gasteiger partial charge >= 0.3 is 0 Å². The number of hydrogen-bond donors (Lipinski definition) is 1. The quantitative estimate of drug-likeness (QED) is 0.881. The molecule has 2 aromatic rings. The molecule has 0 amide bonds. The van der Waals surface area contributed by atoms with Crippen molar-refractivity contribution in [3.8, 4) is 0 Å². The van der Waals surface area contributed by atoms with E-state index in [1.165, 1.54) is 10.8 Å². The van der Waals surface area contributed by atoms with Gasteiger partial charge in [-0.05, 0) is 35.2 Å². The molecule has 0 aromatic heterocycles. The fraction of sp³-hybridized carbons (Fsp3) is 0.412. The van der Waals surface area contributed by atoms with Crippen molar-refractivity contribution in [2.24, 2.45) is 11.7 Å². The topological polar surface area (TPSA) is 35.2 Å². The first-order valence-corrected chi connectivity index (χ1v) is 6.94. The fourth-order valence-corrected chi connectivity index (χ4v) is 1.98. The summed E-state index contributed by atoms with van der Waals surface area (Å²) in [6.07, 6.45) is 0.242. The Morgan fingerprint density at radius 3 is 2.37 bits per heavy atom. The van der Waals surface area contributed by atoms with Gasteiger partial charge in [0, 0.05) is 0 Å². The summed E-state index contributed by atoms with van der Waals surface area (Å²) in [4.78, 5) is 0. The lowest BCUT2D eigenvalue weighted by molar-refractivity contribution is 0.0272. The van der Waals surface area contributed by atoms with Crippen molar-refractivity contribution in [1.82, 2.24) is 0 Å². The molecule has 2 unspecified atom stereocenters. The van der Waals surface area contributed by atoms with Crippen molar-refractivity contribution in [3.05, 3.63) is 48.0 Å². The molecule has 2 nitrogen and oxygen atoms in total. The highest BCUT2D eigenvalue weighted by Crippen LogP contribution is 2.20. The van der Waals surface area contributed by atoms with Crippen molar-refractivity contribution in [3.63, 3.8) is 0 Å². The number of hydrogen-bond acceptors (Lipinski definition) is 2. The molecule has 0 aliphatic heterocycles. The van der Waals surface area contributed by atoms with Crippen LogP contribution in [0.15, 0.2) is 42.5 Å². The van der Waals surface area contributed by atoms with Crippen LogP contribution in [0.2, 0.25) is 0 Å². The predicted octanol–water partition coefficient (Wildman–Crippen LogP) is 3.90. The van der Waals surface area contributed by atoms with E-state index < -0.39 is 0 Å². The molecule has 2 atom stereocenters. The highest BCUT2D eigenvalue weighted by atomic mass is 16.5. The summed E-state index contributed by atoms with van der Waals surface area (Å²) in [5.74, 6) is 0.517. The smallest absolute Gasteiger partial charge is 0.0663 e. The van der Waals surface area contributed by atoms with E-state index in [1.807, 2.05) is 0 Å². The Morgan fingerprint density at radius 1 is 1.00 bits per heavy atom. The minimum atomic E-state index is -0.0641. The molecule has 19 heavy (non-hydrogen) atoms. The average Bonchev–Trinajstić information content (AvgIpc) is 2.43. The molecule has 0 aliphatic carbocycles. The van der Waals surface area contributed by atoms with E-state index >= 15 is 0 Å². The van der Waals surface area contributed by atoms with Gasteiger partial charge in [-0.25, -0.2) is 0 Å². The van der Waals surface area contributed by atoms with E-state index in [2.05, 4.69) is 63.2 Å². The molecular weight excluding hydrogens is 234 g/mol. The molecule has 0 radical (unpaired) electrons. The van der Waals surface area contributed by atoms with Crippen LogP contribution in [0.1, 0.15) is 32.4 Å². The second-order valence-corrected chi connectivity index (χ2v) is 5.50. The Kier molecular flexibility index (Phi) is 4.56. The first-order valence-electron chi connectivity index (χ1n) is 6.94. The van der Waals surface area contributed by atoms with Crippen LogP contribution in [-0.2, 0) is 4.74 Å². The molecule has 0 fully saturated rings. The summed E-state index contributed by atoms with van der Waals surface area (Å²) in [5, 5.41) is 2.47. The summed E-state index contributed by atoms with van der Waals surface area (Å²) < 4.78 is 5.81.